The summed E-state index contributed by atoms with van der Waals surface area (Å²) in [6, 6.07) is 5.29. The normalized spacial score (nSPS) is 12.6. The number of benzene rings is 1. The first-order valence-electron chi connectivity index (χ1n) is 6.77. The molecule has 1 atom stereocenters. The SMILES string of the molecule is Cc1ccc(C(=O)NC(C)CN(C)C)cc1/C=C/C(=O)O. The van der Waals surface area contributed by atoms with Crippen molar-refractivity contribution in [3.63, 3.8) is 0 Å². The summed E-state index contributed by atoms with van der Waals surface area (Å²) in [6.07, 6.45) is 2.57. The van der Waals surface area contributed by atoms with Crippen LogP contribution < -0.4 is 5.32 Å². The third-order valence-electron chi connectivity index (χ3n) is 2.96. The summed E-state index contributed by atoms with van der Waals surface area (Å²) < 4.78 is 0. The fourth-order valence-electron chi connectivity index (χ4n) is 2.02. The Kier molecular flexibility index (Phi) is 6.11. The molecule has 1 aromatic rings. The van der Waals surface area contributed by atoms with Gasteiger partial charge in [0.15, 0.2) is 0 Å². The maximum atomic E-state index is 12.2. The van der Waals surface area contributed by atoms with E-state index >= 15 is 0 Å². The zero-order valence-electron chi connectivity index (χ0n) is 12.9. The highest BCUT2D eigenvalue weighted by atomic mass is 16.4. The molecule has 21 heavy (non-hydrogen) atoms. The van der Waals surface area contributed by atoms with Gasteiger partial charge in [0.25, 0.3) is 5.91 Å². The minimum absolute atomic E-state index is 0.0341. The summed E-state index contributed by atoms with van der Waals surface area (Å²) in [5.74, 6) is -1.17. The summed E-state index contributed by atoms with van der Waals surface area (Å²) in [6.45, 7) is 4.57. The smallest absolute Gasteiger partial charge is 0.328 e. The maximum Gasteiger partial charge on any atom is 0.328 e. The van der Waals surface area contributed by atoms with E-state index < -0.39 is 5.97 Å². The number of hydrogen-bond acceptors (Lipinski definition) is 3. The number of hydrogen-bond donors (Lipinski definition) is 2. The van der Waals surface area contributed by atoms with E-state index in [0.29, 0.717) is 5.56 Å². The molecule has 5 nitrogen and oxygen atoms in total. The highest BCUT2D eigenvalue weighted by molar-refractivity contribution is 5.95. The van der Waals surface area contributed by atoms with Crippen molar-refractivity contribution in [2.45, 2.75) is 19.9 Å². The molecule has 0 aliphatic carbocycles. The van der Waals surface area contributed by atoms with Crippen molar-refractivity contribution >= 4 is 18.0 Å². The Balaban J connectivity index is 2.86. The average Bonchev–Trinajstić information content (AvgIpc) is 2.36. The van der Waals surface area contributed by atoms with E-state index in [-0.39, 0.29) is 11.9 Å². The van der Waals surface area contributed by atoms with Crippen LogP contribution in [0.5, 0.6) is 0 Å². The molecule has 5 heteroatoms. The molecule has 0 aliphatic rings. The molecule has 0 saturated carbocycles. The average molecular weight is 290 g/mol. The third-order valence-corrected chi connectivity index (χ3v) is 2.96. The van der Waals surface area contributed by atoms with Crippen LogP contribution in [-0.2, 0) is 4.79 Å². The molecule has 1 rings (SSSR count). The Labute approximate surface area is 125 Å². The second-order valence-corrected chi connectivity index (χ2v) is 5.38. The van der Waals surface area contributed by atoms with Crippen LogP contribution in [0.1, 0.15) is 28.4 Å². The molecular weight excluding hydrogens is 268 g/mol. The molecule has 0 bridgehead atoms. The van der Waals surface area contributed by atoms with Gasteiger partial charge in [-0.15, -0.1) is 0 Å². The second kappa shape index (κ2) is 7.59. The predicted molar refractivity (Wildman–Crippen MR) is 83.3 cm³/mol. The summed E-state index contributed by atoms with van der Waals surface area (Å²) >= 11 is 0. The molecule has 0 fully saturated rings. The molecule has 0 aliphatic heterocycles. The first-order valence-corrected chi connectivity index (χ1v) is 6.77. The van der Waals surface area contributed by atoms with Crippen LogP contribution in [0.3, 0.4) is 0 Å². The van der Waals surface area contributed by atoms with Gasteiger partial charge in [-0.3, -0.25) is 4.79 Å². The summed E-state index contributed by atoms with van der Waals surface area (Å²) in [5.41, 5.74) is 2.17. The van der Waals surface area contributed by atoms with Crippen molar-refractivity contribution in [3.8, 4) is 0 Å². The number of carbonyl (C=O) groups is 2. The predicted octanol–water partition coefficient (Wildman–Crippen LogP) is 1.77. The number of carboxylic acids is 1. The summed E-state index contributed by atoms with van der Waals surface area (Å²) in [7, 11) is 3.90. The molecule has 114 valence electrons. The van der Waals surface area contributed by atoms with Gasteiger partial charge in [0.2, 0.25) is 0 Å². The van der Waals surface area contributed by atoms with E-state index in [1.165, 1.54) is 6.08 Å². The van der Waals surface area contributed by atoms with Gasteiger partial charge in [-0.25, -0.2) is 4.79 Å². The van der Waals surface area contributed by atoms with Crippen molar-refractivity contribution < 1.29 is 14.7 Å². The largest absolute Gasteiger partial charge is 0.478 e. The number of likely N-dealkylation sites (N-methyl/N-ethyl adjacent to an activating group) is 1. The van der Waals surface area contributed by atoms with Crippen molar-refractivity contribution in [1.29, 1.82) is 0 Å². The Morgan fingerprint density at radius 1 is 1.38 bits per heavy atom. The van der Waals surface area contributed by atoms with Gasteiger partial charge < -0.3 is 15.3 Å². The van der Waals surface area contributed by atoms with Gasteiger partial charge in [0, 0.05) is 24.2 Å². The lowest BCUT2D eigenvalue weighted by atomic mass is 10.0. The molecule has 1 amide bonds. The topological polar surface area (TPSA) is 69.6 Å². The van der Waals surface area contributed by atoms with Crippen LogP contribution in [0.15, 0.2) is 24.3 Å². The van der Waals surface area contributed by atoms with E-state index in [9.17, 15) is 9.59 Å². The fraction of sp³-hybridized carbons (Fsp3) is 0.375. The first kappa shape index (κ1) is 16.9. The van der Waals surface area contributed by atoms with Gasteiger partial charge in [-0.1, -0.05) is 6.07 Å². The quantitative estimate of drug-likeness (QED) is 0.783. The fourth-order valence-corrected chi connectivity index (χ4v) is 2.02. The number of carboxylic acid groups (broad SMARTS) is 1. The highest BCUT2D eigenvalue weighted by Crippen LogP contribution is 2.13. The number of nitrogens with one attached hydrogen (secondary N) is 1. The van der Waals surface area contributed by atoms with E-state index in [1.807, 2.05) is 38.9 Å². The maximum absolute atomic E-state index is 12.2. The minimum atomic E-state index is -1.01. The molecule has 0 aromatic heterocycles. The molecule has 1 aromatic carbocycles. The summed E-state index contributed by atoms with van der Waals surface area (Å²) in [4.78, 5) is 24.7. The first-order chi connectivity index (χ1) is 9.79. The number of aryl methyl sites for hydroxylation is 1. The Bertz CT molecular complexity index is 550. The second-order valence-electron chi connectivity index (χ2n) is 5.38. The molecule has 1 unspecified atom stereocenters. The van der Waals surface area contributed by atoms with Gasteiger partial charge in [-0.05, 0) is 57.3 Å². The lowest BCUT2D eigenvalue weighted by Gasteiger charge is -2.18. The molecular formula is C16H22N2O3. The Hall–Kier alpha value is -2.14. The van der Waals surface area contributed by atoms with E-state index in [4.69, 9.17) is 5.11 Å². The van der Waals surface area contributed by atoms with Crippen molar-refractivity contribution in [2.24, 2.45) is 0 Å². The number of rotatable bonds is 6. The van der Waals surface area contributed by atoms with Gasteiger partial charge in [-0.2, -0.15) is 0 Å². The van der Waals surface area contributed by atoms with Gasteiger partial charge in [0.1, 0.15) is 0 Å². The monoisotopic (exact) mass is 290 g/mol. The molecule has 0 saturated heterocycles. The third kappa shape index (κ3) is 5.79. The molecule has 2 N–H and O–H groups in total. The lowest BCUT2D eigenvalue weighted by molar-refractivity contribution is -0.131. The molecule has 0 spiro atoms. The van der Waals surface area contributed by atoms with Crippen molar-refractivity contribution in [2.75, 3.05) is 20.6 Å². The van der Waals surface area contributed by atoms with Crippen LogP contribution in [0, 0.1) is 6.92 Å². The standard InChI is InChI=1S/C16H22N2O3/c1-11-5-6-14(9-13(11)7-8-15(19)20)16(21)17-12(2)10-18(3)4/h5-9,12H,10H2,1-4H3,(H,17,21)(H,19,20)/b8-7+. The molecule has 0 radical (unpaired) electrons. The van der Waals surface area contributed by atoms with E-state index in [2.05, 4.69) is 5.32 Å². The zero-order chi connectivity index (χ0) is 16.0. The van der Waals surface area contributed by atoms with E-state index in [0.717, 1.165) is 23.7 Å². The molecule has 0 heterocycles. The number of nitrogens with zero attached hydrogens (tertiary/aromatic N) is 1. The number of carbonyl (C=O) groups excluding carboxylic acids is 1. The number of amides is 1. The lowest BCUT2D eigenvalue weighted by Crippen LogP contribution is -2.39. The zero-order valence-corrected chi connectivity index (χ0v) is 12.9. The minimum Gasteiger partial charge on any atom is -0.478 e. The number of aliphatic carboxylic acids is 1. The van der Waals surface area contributed by atoms with Crippen molar-refractivity contribution in [1.82, 2.24) is 10.2 Å². The van der Waals surface area contributed by atoms with Crippen molar-refractivity contribution in [3.05, 3.63) is 41.0 Å². The van der Waals surface area contributed by atoms with Gasteiger partial charge in [0.05, 0.1) is 0 Å². The van der Waals surface area contributed by atoms with Crippen LogP contribution >= 0.6 is 0 Å². The highest BCUT2D eigenvalue weighted by Gasteiger charge is 2.11. The summed E-state index contributed by atoms with van der Waals surface area (Å²) in [5, 5.41) is 11.6. The van der Waals surface area contributed by atoms with Crippen LogP contribution in [0.4, 0.5) is 0 Å². The van der Waals surface area contributed by atoms with E-state index in [1.54, 1.807) is 12.1 Å². The van der Waals surface area contributed by atoms with Crippen LogP contribution in [0.2, 0.25) is 0 Å². The Morgan fingerprint density at radius 3 is 2.62 bits per heavy atom. The van der Waals surface area contributed by atoms with Crippen LogP contribution in [-0.4, -0.2) is 48.6 Å². The van der Waals surface area contributed by atoms with Gasteiger partial charge >= 0.3 is 5.97 Å². The Morgan fingerprint density at radius 2 is 2.05 bits per heavy atom. The van der Waals surface area contributed by atoms with Crippen LogP contribution in [0.25, 0.3) is 6.08 Å².